The lowest BCUT2D eigenvalue weighted by Gasteiger charge is -2.20. The lowest BCUT2D eigenvalue weighted by Crippen LogP contribution is -2.10. The summed E-state index contributed by atoms with van der Waals surface area (Å²) < 4.78 is 0. The van der Waals surface area contributed by atoms with E-state index in [4.69, 9.17) is 0 Å². The quantitative estimate of drug-likeness (QED) is 0.434. The number of hydrogen-bond acceptors (Lipinski definition) is 0. The first-order chi connectivity index (χ1) is 8.03. The SMILES string of the molecule is CC.Cc1ccc(CCCC(C)(C)PI)cc1. The van der Waals surface area contributed by atoms with Gasteiger partial charge in [-0.25, -0.2) is 0 Å². The van der Waals surface area contributed by atoms with Crippen LogP contribution < -0.4 is 0 Å². The molecule has 1 rings (SSSR count). The third-order valence-corrected chi connectivity index (χ3v) is 7.79. The number of halogens is 1. The van der Waals surface area contributed by atoms with E-state index in [0.717, 1.165) is 6.22 Å². The Kier molecular flexibility index (Phi) is 9.54. The van der Waals surface area contributed by atoms with E-state index in [-0.39, 0.29) is 0 Å². The van der Waals surface area contributed by atoms with Gasteiger partial charge in [-0.05, 0) is 43.1 Å². The normalized spacial score (nSPS) is 11.4. The fourth-order valence-corrected chi connectivity index (χ4v) is 2.62. The Bertz CT molecular complexity index is 290. The van der Waals surface area contributed by atoms with Gasteiger partial charge in [0.15, 0.2) is 0 Å². The average molecular weight is 364 g/mol. The summed E-state index contributed by atoms with van der Waals surface area (Å²) in [7, 11) is 0. The third-order valence-electron chi connectivity index (χ3n) is 2.64. The van der Waals surface area contributed by atoms with Crippen LogP contribution in [0.3, 0.4) is 0 Å². The van der Waals surface area contributed by atoms with Crippen molar-refractivity contribution in [1.29, 1.82) is 0 Å². The van der Waals surface area contributed by atoms with Crippen molar-refractivity contribution in [3.05, 3.63) is 35.4 Å². The van der Waals surface area contributed by atoms with E-state index in [1.807, 2.05) is 13.8 Å². The second-order valence-corrected chi connectivity index (χ2v) is 7.98. The molecule has 0 spiro atoms. The van der Waals surface area contributed by atoms with Gasteiger partial charge in [-0.1, -0.05) is 79.6 Å². The molecule has 1 unspecified atom stereocenters. The zero-order chi connectivity index (χ0) is 13.3. The summed E-state index contributed by atoms with van der Waals surface area (Å²) in [6.45, 7) is 10.9. The molecule has 0 heterocycles. The van der Waals surface area contributed by atoms with Crippen molar-refractivity contribution in [3.8, 4) is 0 Å². The van der Waals surface area contributed by atoms with Gasteiger partial charge in [0.25, 0.3) is 0 Å². The molecule has 0 aromatic heterocycles. The van der Waals surface area contributed by atoms with Crippen molar-refractivity contribution in [1.82, 2.24) is 0 Å². The van der Waals surface area contributed by atoms with E-state index in [0.29, 0.717) is 5.16 Å². The molecule has 0 amide bonds. The maximum atomic E-state index is 2.52. The molecule has 1 atom stereocenters. The summed E-state index contributed by atoms with van der Waals surface area (Å²) in [5.41, 5.74) is 2.83. The summed E-state index contributed by atoms with van der Waals surface area (Å²) >= 11 is 2.52. The molecule has 0 fully saturated rings. The molecule has 0 N–H and O–H groups in total. The first-order valence-electron chi connectivity index (χ1n) is 6.47. The Morgan fingerprint density at radius 2 is 1.65 bits per heavy atom. The van der Waals surface area contributed by atoms with Gasteiger partial charge in [-0.15, -0.1) is 0 Å². The average Bonchev–Trinajstić information content (AvgIpc) is 2.34. The van der Waals surface area contributed by atoms with Crippen LogP contribution in [0.5, 0.6) is 0 Å². The monoisotopic (exact) mass is 364 g/mol. The van der Waals surface area contributed by atoms with Crippen molar-refractivity contribution in [3.63, 3.8) is 0 Å². The third kappa shape index (κ3) is 8.15. The van der Waals surface area contributed by atoms with Gasteiger partial charge < -0.3 is 0 Å². The Morgan fingerprint density at radius 3 is 2.12 bits per heavy atom. The van der Waals surface area contributed by atoms with Crippen LogP contribution in [0.1, 0.15) is 51.7 Å². The topological polar surface area (TPSA) is 0 Å². The lowest BCUT2D eigenvalue weighted by molar-refractivity contribution is 0.600. The van der Waals surface area contributed by atoms with Crippen molar-refractivity contribution in [2.45, 2.75) is 59.0 Å². The van der Waals surface area contributed by atoms with Gasteiger partial charge in [-0.3, -0.25) is 0 Å². The maximum absolute atomic E-state index is 2.52. The van der Waals surface area contributed by atoms with Crippen molar-refractivity contribution < 1.29 is 0 Å². The predicted molar refractivity (Wildman–Crippen MR) is 91.9 cm³/mol. The van der Waals surface area contributed by atoms with Crippen LogP contribution in [-0.2, 0) is 6.42 Å². The molecular weight excluding hydrogens is 338 g/mol. The van der Waals surface area contributed by atoms with Crippen molar-refractivity contribution in [2.24, 2.45) is 0 Å². The Morgan fingerprint density at radius 1 is 1.12 bits per heavy atom. The second kappa shape index (κ2) is 9.33. The number of aryl methyl sites for hydroxylation is 2. The highest BCUT2D eigenvalue weighted by Gasteiger charge is 2.14. The van der Waals surface area contributed by atoms with Crippen LogP contribution in [0.2, 0.25) is 0 Å². The highest BCUT2D eigenvalue weighted by molar-refractivity contribution is 14.2. The fraction of sp³-hybridized carbons (Fsp3) is 0.600. The summed E-state index contributed by atoms with van der Waals surface area (Å²) in [5.74, 6) is 0. The standard InChI is InChI=1S/C13H20IP.C2H6/c1-11-6-8-12(9-7-11)5-4-10-13(2,3)15-14;1-2/h6-9,15H,4-5,10H2,1-3H3;1-2H3. The van der Waals surface area contributed by atoms with Gasteiger partial charge in [0.05, 0.1) is 0 Å². The van der Waals surface area contributed by atoms with Crippen LogP contribution in [-0.4, -0.2) is 5.16 Å². The minimum atomic E-state index is 0.533. The number of benzene rings is 1. The molecule has 1 aromatic rings. The fourth-order valence-electron chi connectivity index (χ4n) is 1.54. The molecule has 0 saturated carbocycles. The number of rotatable bonds is 5. The zero-order valence-corrected chi connectivity index (χ0v) is 15.0. The first-order valence-corrected chi connectivity index (χ1v) is 10.6. The van der Waals surface area contributed by atoms with E-state index in [1.165, 1.54) is 30.4 Å². The number of hydrogen-bond donors (Lipinski definition) is 0. The van der Waals surface area contributed by atoms with Crippen LogP contribution in [0, 0.1) is 6.92 Å². The highest BCUT2D eigenvalue weighted by Crippen LogP contribution is 2.41. The van der Waals surface area contributed by atoms with Crippen molar-refractivity contribution >= 4 is 28.3 Å². The summed E-state index contributed by atoms with van der Waals surface area (Å²) in [6.07, 6.45) is 4.89. The molecule has 2 heteroatoms. The lowest BCUT2D eigenvalue weighted by atomic mass is 10.0. The van der Waals surface area contributed by atoms with E-state index in [2.05, 4.69) is 67.1 Å². The summed E-state index contributed by atoms with van der Waals surface area (Å²) in [4.78, 5) is 0. The van der Waals surface area contributed by atoms with Gasteiger partial charge in [0.1, 0.15) is 0 Å². The summed E-state index contributed by atoms with van der Waals surface area (Å²) in [6, 6.07) is 8.93. The maximum Gasteiger partial charge on any atom is -0.00880 e. The van der Waals surface area contributed by atoms with Crippen LogP contribution in [0.15, 0.2) is 24.3 Å². The van der Waals surface area contributed by atoms with Crippen LogP contribution in [0.25, 0.3) is 0 Å². The Hall–Kier alpha value is 0.380. The minimum absolute atomic E-state index is 0.533. The molecule has 0 aliphatic heterocycles. The highest BCUT2D eigenvalue weighted by atomic mass is 127. The Balaban J connectivity index is 0.00000121. The van der Waals surface area contributed by atoms with Gasteiger partial charge >= 0.3 is 0 Å². The van der Waals surface area contributed by atoms with Crippen LogP contribution >= 0.6 is 28.3 Å². The largest absolute Gasteiger partial charge is 0.0683 e. The molecule has 0 aliphatic carbocycles. The van der Waals surface area contributed by atoms with E-state index >= 15 is 0 Å². The molecule has 0 radical (unpaired) electrons. The second-order valence-electron chi connectivity index (χ2n) is 4.82. The van der Waals surface area contributed by atoms with E-state index in [9.17, 15) is 0 Å². The minimum Gasteiger partial charge on any atom is -0.0683 e. The zero-order valence-electron chi connectivity index (χ0n) is 11.8. The molecule has 17 heavy (non-hydrogen) atoms. The molecule has 0 saturated heterocycles. The van der Waals surface area contributed by atoms with E-state index in [1.54, 1.807) is 0 Å². The van der Waals surface area contributed by atoms with E-state index < -0.39 is 0 Å². The van der Waals surface area contributed by atoms with Gasteiger partial charge in [0.2, 0.25) is 0 Å². The molecule has 0 aliphatic rings. The first kappa shape index (κ1) is 17.4. The molecule has 0 bridgehead atoms. The molecular formula is C15H26IP. The molecule has 0 nitrogen and oxygen atoms in total. The summed E-state index contributed by atoms with van der Waals surface area (Å²) in [5, 5.41) is 0.533. The van der Waals surface area contributed by atoms with Crippen LogP contribution in [0.4, 0.5) is 0 Å². The smallest absolute Gasteiger partial charge is 0.00880 e. The van der Waals surface area contributed by atoms with Gasteiger partial charge in [-0.2, -0.15) is 0 Å². The van der Waals surface area contributed by atoms with Gasteiger partial charge in [0, 0.05) is 0 Å². The Labute approximate surface area is 122 Å². The molecule has 98 valence electrons. The molecule has 1 aromatic carbocycles. The van der Waals surface area contributed by atoms with Crippen molar-refractivity contribution in [2.75, 3.05) is 0 Å². The predicted octanol–water partition coefficient (Wildman–Crippen LogP) is 6.15.